The van der Waals surface area contributed by atoms with Crippen LogP contribution in [0.5, 0.6) is 5.75 Å². The number of nitrogens with one attached hydrogen (secondary N) is 1. The number of fused-ring (bicyclic) bond motifs is 2. The number of aromatic nitrogens is 5. The van der Waals surface area contributed by atoms with Crippen LogP contribution in [0.1, 0.15) is 62.3 Å². The van der Waals surface area contributed by atoms with E-state index in [0.717, 1.165) is 30.2 Å². The molecular weight excluding hydrogens is 473 g/mol. The number of imidazole rings is 1. The minimum atomic E-state index is -1.30. The summed E-state index contributed by atoms with van der Waals surface area (Å²) in [7, 11) is 0. The van der Waals surface area contributed by atoms with Gasteiger partial charge in [0.2, 0.25) is 5.91 Å². The quantitative estimate of drug-likeness (QED) is 0.370. The smallest absolute Gasteiger partial charge is 0.240 e. The van der Waals surface area contributed by atoms with Crippen molar-refractivity contribution < 1.29 is 14.3 Å². The molecule has 190 valence electrons. The molecule has 1 amide bonds. The maximum Gasteiger partial charge on any atom is 0.240 e. The molecule has 1 aliphatic heterocycles. The lowest BCUT2D eigenvalue weighted by Gasteiger charge is -2.23. The van der Waals surface area contributed by atoms with Crippen molar-refractivity contribution in [2.45, 2.75) is 57.3 Å². The Hall–Kier alpha value is -4.08. The van der Waals surface area contributed by atoms with Crippen molar-refractivity contribution in [1.29, 1.82) is 0 Å². The molecule has 10 heteroatoms. The van der Waals surface area contributed by atoms with Crippen LogP contribution in [0.15, 0.2) is 36.8 Å². The second-order valence-corrected chi connectivity index (χ2v) is 10.2. The van der Waals surface area contributed by atoms with E-state index >= 15 is 0 Å². The summed E-state index contributed by atoms with van der Waals surface area (Å²) < 4.78 is 15.6. The van der Waals surface area contributed by atoms with Crippen LogP contribution in [0.2, 0.25) is 0 Å². The first-order valence-corrected chi connectivity index (χ1v) is 12.7. The van der Waals surface area contributed by atoms with Crippen LogP contribution in [-0.4, -0.2) is 35.4 Å². The molecule has 0 saturated heterocycles. The van der Waals surface area contributed by atoms with Gasteiger partial charge in [-0.25, -0.2) is 24.3 Å². The number of hydrogen-bond donors (Lipinski definition) is 3. The zero-order valence-corrected chi connectivity index (χ0v) is 20.5. The molecule has 4 aromatic rings. The summed E-state index contributed by atoms with van der Waals surface area (Å²) in [6.07, 6.45) is 13.7. The number of amides is 1. The van der Waals surface area contributed by atoms with E-state index in [1.54, 1.807) is 13.1 Å². The molecule has 0 bridgehead atoms. The molecule has 4 heterocycles. The zero-order chi connectivity index (χ0) is 25.7. The first-order valence-electron chi connectivity index (χ1n) is 12.7. The number of phenolic OH excluding ortho intramolecular Hbond substituents is 1. The highest BCUT2D eigenvalue weighted by Gasteiger charge is 2.48. The van der Waals surface area contributed by atoms with Crippen LogP contribution in [0.25, 0.3) is 17.2 Å². The number of phenols is 1. The third-order valence-corrected chi connectivity index (χ3v) is 7.83. The number of aryl methyl sites for hydroxylation is 1. The number of nitrogens with two attached hydrogens (primary N) is 1. The van der Waals surface area contributed by atoms with Gasteiger partial charge in [-0.3, -0.25) is 4.79 Å². The number of carbonyl (C=O) groups is 1. The van der Waals surface area contributed by atoms with Crippen molar-refractivity contribution in [1.82, 2.24) is 24.3 Å². The lowest BCUT2D eigenvalue weighted by atomic mass is 9.77. The maximum absolute atomic E-state index is 13.7. The minimum Gasteiger partial charge on any atom is -0.505 e. The molecule has 1 saturated carbocycles. The van der Waals surface area contributed by atoms with Crippen LogP contribution in [0.4, 0.5) is 16.0 Å². The van der Waals surface area contributed by atoms with Gasteiger partial charge in [0.05, 0.1) is 11.3 Å². The lowest BCUT2D eigenvalue weighted by Crippen LogP contribution is -2.33. The van der Waals surface area contributed by atoms with Gasteiger partial charge in [0.25, 0.3) is 0 Å². The third-order valence-electron chi connectivity index (χ3n) is 7.83. The van der Waals surface area contributed by atoms with E-state index in [9.17, 15) is 14.3 Å². The Morgan fingerprint density at radius 2 is 2.03 bits per heavy atom. The van der Waals surface area contributed by atoms with Crippen molar-refractivity contribution in [3.63, 3.8) is 0 Å². The van der Waals surface area contributed by atoms with Gasteiger partial charge in [0.1, 0.15) is 22.7 Å². The standard InChI is InChI=1S/C27H28FN7O2/c1-27(16-8-9-17(28)20(36)13-16)21-22(29)32-23(33-24(21)34-26(27)37)19-14-35-12-11-30-25(35)18(31-19)10-7-15-5-3-2-4-6-15/h8-9,11-15,36H,2-7,10H2,1H3,(H3,29,32,33,34,37). The van der Waals surface area contributed by atoms with Crippen LogP contribution in [-0.2, 0) is 16.6 Å². The average molecular weight is 502 g/mol. The highest BCUT2D eigenvalue weighted by Crippen LogP contribution is 2.45. The largest absolute Gasteiger partial charge is 0.505 e. The number of carbonyl (C=O) groups excluding carboxylic acids is 1. The fraction of sp³-hybridized carbons (Fsp3) is 0.370. The molecule has 2 aliphatic rings. The molecule has 37 heavy (non-hydrogen) atoms. The number of aromatic hydroxyl groups is 1. The Labute approximate surface area is 213 Å². The molecule has 1 aromatic carbocycles. The molecule has 1 fully saturated rings. The summed E-state index contributed by atoms with van der Waals surface area (Å²) in [6.45, 7) is 1.65. The highest BCUT2D eigenvalue weighted by atomic mass is 19.1. The van der Waals surface area contributed by atoms with Gasteiger partial charge in [0, 0.05) is 18.6 Å². The summed E-state index contributed by atoms with van der Waals surface area (Å²) in [5.41, 5.74) is 8.10. The number of benzene rings is 1. The van der Waals surface area contributed by atoms with Crippen molar-refractivity contribution in [3.05, 3.63) is 59.4 Å². The van der Waals surface area contributed by atoms with Crippen molar-refractivity contribution in [2.75, 3.05) is 11.1 Å². The van der Waals surface area contributed by atoms with Crippen LogP contribution in [0, 0.1) is 11.7 Å². The fourth-order valence-corrected chi connectivity index (χ4v) is 5.71. The fourth-order valence-electron chi connectivity index (χ4n) is 5.71. The molecule has 6 rings (SSSR count). The maximum atomic E-state index is 13.7. The molecule has 1 unspecified atom stereocenters. The normalized spacial score (nSPS) is 19.8. The third kappa shape index (κ3) is 3.87. The lowest BCUT2D eigenvalue weighted by molar-refractivity contribution is -0.119. The number of rotatable bonds is 5. The molecule has 4 N–H and O–H groups in total. The van der Waals surface area contributed by atoms with E-state index in [1.807, 2.05) is 16.8 Å². The van der Waals surface area contributed by atoms with Gasteiger partial charge in [-0.05, 0) is 43.4 Å². The Kier molecular flexibility index (Phi) is 5.54. The number of nitrogens with zero attached hydrogens (tertiary/aromatic N) is 5. The molecule has 0 spiro atoms. The van der Waals surface area contributed by atoms with Gasteiger partial charge in [-0.15, -0.1) is 0 Å². The van der Waals surface area contributed by atoms with Gasteiger partial charge < -0.3 is 20.6 Å². The van der Waals surface area contributed by atoms with Gasteiger partial charge >= 0.3 is 0 Å². The summed E-state index contributed by atoms with van der Waals surface area (Å²) in [5.74, 6) is -0.327. The number of halogens is 1. The van der Waals surface area contributed by atoms with Crippen molar-refractivity contribution in [3.8, 4) is 17.3 Å². The highest BCUT2D eigenvalue weighted by molar-refractivity contribution is 6.09. The minimum absolute atomic E-state index is 0.112. The topological polar surface area (TPSA) is 131 Å². The monoisotopic (exact) mass is 501 g/mol. The SMILES string of the molecule is CC1(c2ccc(F)c(O)c2)C(=O)Nc2nc(-c3cn4ccnc4c(CCC4CCCCC4)n3)nc(N)c21. The van der Waals surface area contributed by atoms with E-state index < -0.39 is 22.9 Å². The van der Waals surface area contributed by atoms with E-state index in [1.165, 1.54) is 44.2 Å². The number of nitrogen functional groups attached to an aromatic ring is 1. The van der Waals surface area contributed by atoms with E-state index in [0.29, 0.717) is 22.7 Å². The van der Waals surface area contributed by atoms with Gasteiger partial charge in [-0.2, -0.15) is 0 Å². The molecule has 0 radical (unpaired) electrons. The van der Waals surface area contributed by atoms with Crippen molar-refractivity contribution in [2.24, 2.45) is 5.92 Å². The van der Waals surface area contributed by atoms with Crippen molar-refractivity contribution >= 4 is 23.2 Å². The van der Waals surface area contributed by atoms with Crippen LogP contribution in [0.3, 0.4) is 0 Å². The first-order chi connectivity index (χ1) is 17.8. The Morgan fingerprint density at radius 3 is 2.81 bits per heavy atom. The molecule has 9 nitrogen and oxygen atoms in total. The second-order valence-electron chi connectivity index (χ2n) is 10.2. The first kappa shape index (κ1) is 23.3. The van der Waals surface area contributed by atoms with Crippen LogP contribution >= 0.6 is 0 Å². The molecular formula is C27H28FN7O2. The second kappa shape index (κ2) is 8.79. The van der Waals surface area contributed by atoms with E-state index in [4.69, 9.17) is 10.7 Å². The molecule has 1 atom stereocenters. The predicted molar refractivity (Wildman–Crippen MR) is 136 cm³/mol. The van der Waals surface area contributed by atoms with E-state index in [2.05, 4.69) is 20.3 Å². The molecule has 3 aromatic heterocycles. The summed E-state index contributed by atoms with van der Waals surface area (Å²) >= 11 is 0. The van der Waals surface area contributed by atoms with Crippen LogP contribution < -0.4 is 11.1 Å². The zero-order valence-electron chi connectivity index (χ0n) is 20.5. The predicted octanol–water partition coefficient (Wildman–Crippen LogP) is 4.38. The summed E-state index contributed by atoms with van der Waals surface area (Å²) in [5, 5.41) is 12.7. The van der Waals surface area contributed by atoms with E-state index in [-0.39, 0.29) is 17.5 Å². The number of anilines is 2. The Balaban J connectivity index is 1.39. The molecule has 1 aliphatic carbocycles. The summed E-state index contributed by atoms with van der Waals surface area (Å²) in [6, 6.07) is 3.79. The van der Waals surface area contributed by atoms with Gasteiger partial charge in [0.15, 0.2) is 23.0 Å². The Bertz CT molecular complexity index is 1530. The number of hydrogen-bond acceptors (Lipinski definition) is 7. The Morgan fingerprint density at radius 1 is 1.22 bits per heavy atom. The average Bonchev–Trinajstić information content (AvgIpc) is 3.47. The van der Waals surface area contributed by atoms with Gasteiger partial charge in [-0.1, -0.05) is 38.2 Å². The summed E-state index contributed by atoms with van der Waals surface area (Å²) in [4.78, 5) is 31.7.